The third kappa shape index (κ3) is 3.95. The van der Waals surface area contributed by atoms with Crippen molar-refractivity contribution in [1.82, 2.24) is 0 Å². The monoisotopic (exact) mass is 307 g/mol. The number of nitrogen functional groups attached to an aromatic ring is 1. The summed E-state index contributed by atoms with van der Waals surface area (Å²) in [6, 6.07) is 11.4. The molecule has 0 amide bonds. The molecule has 0 aliphatic rings. The Balaban J connectivity index is 1.99. The fraction of sp³-hybridized carbons (Fsp3) is 0.188. The van der Waals surface area contributed by atoms with E-state index in [9.17, 15) is 9.18 Å². The van der Waals surface area contributed by atoms with Gasteiger partial charge in [0.1, 0.15) is 12.4 Å². The minimum absolute atomic E-state index is 0.000419. The normalized spacial score (nSPS) is 12.0. The van der Waals surface area contributed by atoms with Gasteiger partial charge < -0.3 is 10.5 Å². The summed E-state index contributed by atoms with van der Waals surface area (Å²) in [4.78, 5) is 12.0. The maximum atomic E-state index is 13.3. The number of benzene rings is 2. The van der Waals surface area contributed by atoms with E-state index in [2.05, 4.69) is 0 Å². The van der Waals surface area contributed by atoms with Crippen LogP contribution in [0, 0.1) is 5.82 Å². The van der Waals surface area contributed by atoms with Crippen LogP contribution in [0.25, 0.3) is 0 Å². The highest BCUT2D eigenvalue weighted by molar-refractivity contribution is 6.30. The molecule has 0 aromatic heterocycles. The Kier molecular flexibility index (Phi) is 4.81. The van der Waals surface area contributed by atoms with E-state index in [1.54, 1.807) is 31.2 Å². The number of ether oxygens (including phenoxy) is 1. The molecule has 3 nitrogen and oxygen atoms in total. The Morgan fingerprint density at radius 2 is 2.10 bits per heavy atom. The average molecular weight is 308 g/mol. The quantitative estimate of drug-likeness (QED) is 0.688. The van der Waals surface area contributed by atoms with Crippen molar-refractivity contribution in [3.8, 4) is 0 Å². The molecule has 0 saturated heterocycles. The second-order valence-electron chi connectivity index (χ2n) is 4.75. The largest absolute Gasteiger partial charge is 0.460 e. The topological polar surface area (TPSA) is 52.3 Å². The molecule has 21 heavy (non-hydrogen) atoms. The summed E-state index contributed by atoms with van der Waals surface area (Å²) in [5.41, 5.74) is 7.60. The van der Waals surface area contributed by atoms with Gasteiger partial charge in [-0.25, -0.2) is 4.39 Å². The standard InChI is InChI=1S/C16H15ClFNO2/c1-10(12-3-2-4-13(19)8-12)16(20)21-9-11-5-6-14(17)15(18)7-11/h2-8,10H,9,19H2,1H3. The van der Waals surface area contributed by atoms with Gasteiger partial charge in [0.15, 0.2) is 0 Å². The number of esters is 1. The zero-order chi connectivity index (χ0) is 15.4. The maximum Gasteiger partial charge on any atom is 0.313 e. The molecule has 110 valence electrons. The van der Waals surface area contributed by atoms with E-state index in [1.807, 2.05) is 6.07 Å². The molecule has 0 heterocycles. The number of nitrogens with two attached hydrogens (primary N) is 1. The first-order valence-electron chi connectivity index (χ1n) is 6.43. The molecule has 2 aromatic rings. The summed E-state index contributed by atoms with van der Waals surface area (Å²) >= 11 is 5.59. The van der Waals surface area contributed by atoms with Gasteiger partial charge >= 0.3 is 5.97 Å². The van der Waals surface area contributed by atoms with Crippen LogP contribution < -0.4 is 5.73 Å². The fourth-order valence-corrected chi connectivity index (χ4v) is 1.99. The molecule has 0 spiro atoms. The molecule has 0 radical (unpaired) electrons. The van der Waals surface area contributed by atoms with Gasteiger partial charge in [-0.3, -0.25) is 4.79 Å². The van der Waals surface area contributed by atoms with Crippen molar-refractivity contribution in [3.05, 3.63) is 64.4 Å². The maximum absolute atomic E-state index is 13.3. The minimum Gasteiger partial charge on any atom is -0.460 e. The van der Waals surface area contributed by atoms with E-state index in [-0.39, 0.29) is 11.6 Å². The van der Waals surface area contributed by atoms with E-state index < -0.39 is 17.7 Å². The molecule has 2 aromatic carbocycles. The summed E-state index contributed by atoms with van der Waals surface area (Å²) in [7, 11) is 0. The molecule has 0 aliphatic carbocycles. The molecule has 0 saturated carbocycles. The fourth-order valence-electron chi connectivity index (χ4n) is 1.87. The van der Waals surface area contributed by atoms with Gasteiger partial charge in [-0.15, -0.1) is 0 Å². The van der Waals surface area contributed by atoms with Crippen molar-refractivity contribution in [2.45, 2.75) is 19.4 Å². The van der Waals surface area contributed by atoms with Gasteiger partial charge in [0.25, 0.3) is 0 Å². The Bertz CT molecular complexity index is 660. The summed E-state index contributed by atoms with van der Waals surface area (Å²) < 4.78 is 18.5. The van der Waals surface area contributed by atoms with Gasteiger partial charge in [0, 0.05) is 5.69 Å². The van der Waals surface area contributed by atoms with Gasteiger partial charge in [-0.1, -0.05) is 29.8 Å². The molecular weight excluding hydrogens is 293 g/mol. The highest BCUT2D eigenvalue weighted by Gasteiger charge is 2.17. The minimum atomic E-state index is -0.533. The van der Waals surface area contributed by atoms with Gasteiger partial charge in [0.2, 0.25) is 0 Å². The highest BCUT2D eigenvalue weighted by atomic mass is 35.5. The van der Waals surface area contributed by atoms with Crippen LogP contribution >= 0.6 is 11.6 Å². The Hall–Kier alpha value is -2.07. The van der Waals surface area contributed by atoms with Crippen molar-refractivity contribution < 1.29 is 13.9 Å². The van der Waals surface area contributed by atoms with E-state index in [0.29, 0.717) is 11.3 Å². The number of hydrogen-bond donors (Lipinski definition) is 1. The zero-order valence-electron chi connectivity index (χ0n) is 11.5. The van der Waals surface area contributed by atoms with E-state index >= 15 is 0 Å². The Morgan fingerprint density at radius 3 is 2.76 bits per heavy atom. The summed E-state index contributed by atoms with van der Waals surface area (Å²) in [5.74, 6) is -1.37. The second-order valence-corrected chi connectivity index (χ2v) is 5.16. The van der Waals surface area contributed by atoms with Crippen LogP contribution in [0.2, 0.25) is 5.02 Å². The predicted molar refractivity (Wildman–Crippen MR) is 80.5 cm³/mol. The lowest BCUT2D eigenvalue weighted by Crippen LogP contribution is -2.13. The van der Waals surface area contributed by atoms with Crippen molar-refractivity contribution in [2.75, 3.05) is 5.73 Å². The van der Waals surface area contributed by atoms with Gasteiger partial charge in [-0.2, -0.15) is 0 Å². The molecule has 1 unspecified atom stereocenters. The number of halogens is 2. The lowest BCUT2D eigenvalue weighted by atomic mass is 10.0. The smallest absolute Gasteiger partial charge is 0.313 e. The van der Waals surface area contributed by atoms with Crippen molar-refractivity contribution in [1.29, 1.82) is 0 Å². The van der Waals surface area contributed by atoms with Crippen LogP contribution in [0.1, 0.15) is 24.0 Å². The SMILES string of the molecule is CC(C(=O)OCc1ccc(Cl)c(F)c1)c1cccc(N)c1. The summed E-state index contributed by atoms with van der Waals surface area (Å²) in [6.45, 7) is 1.74. The molecule has 2 N–H and O–H groups in total. The van der Waals surface area contributed by atoms with Crippen LogP contribution in [0.15, 0.2) is 42.5 Å². The van der Waals surface area contributed by atoms with Crippen LogP contribution in [0.3, 0.4) is 0 Å². The van der Waals surface area contributed by atoms with Crippen molar-refractivity contribution in [2.24, 2.45) is 0 Å². The molecule has 0 aliphatic heterocycles. The molecule has 0 bridgehead atoms. The first kappa shape index (κ1) is 15.3. The molecule has 0 fully saturated rings. The van der Waals surface area contributed by atoms with Crippen LogP contribution in [0.4, 0.5) is 10.1 Å². The lowest BCUT2D eigenvalue weighted by Gasteiger charge is -2.12. The number of carbonyl (C=O) groups is 1. The number of anilines is 1. The highest BCUT2D eigenvalue weighted by Crippen LogP contribution is 2.20. The first-order chi connectivity index (χ1) is 9.97. The predicted octanol–water partition coefficient (Wildman–Crippen LogP) is 3.91. The molecular formula is C16H15ClFNO2. The van der Waals surface area contributed by atoms with Gasteiger partial charge in [0.05, 0.1) is 10.9 Å². The molecule has 1 atom stereocenters. The zero-order valence-corrected chi connectivity index (χ0v) is 12.2. The summed E-state index contributed by atoms with van der Waals surface area (Å²) in [6.07, 6.45) is 0. The Labute approximate surface area is 127 Å². The number of rotatable bonds is 4. The summed E-state index contributed by atoms with van der Waals surface area (Å²) in [5, 5.41) is 0.0400. The van der Waals surface area contributed by atoms with E-state index in [0.717, 1.165) is 5.56 Å². The van der Waals surface area contributed by atoms with Crippen molar-refractivity contribution >= 4 is 23.3 Å². The van der Waals surface area contributed by atoms with Crippen LogP contribution in [0.5, 0.6) is 0 Å². The van der Waals surface area contributed by atoms with Crippen LogP contribution in [-0.4, -0.2) is 5.97 Å². The van der Waals surface area contributed by atoms with E-state index in [1.165, 1.54) is 12.1 Å². The van der Waals surface area contributed by atoms with E-state index in [4.69, 9.17) is 22.1 Å². The first-order valence-corrected chi connectivity index (χ1v) is 6.81. The Morgan fingerprint density at radius 1 is 1.33 bits per heavy atom. The third-order valence-electron chi connectivity index (χ3n) is 3.13. The second kappa shape index (κ2) is 6.59. The van der Waals surface area contributed by atoms with Gasteiger partial charge in [-0.05, 0) is 42.3 Å². The average Bonchev–Trinajstić information content (AvgIpc) is 2.47. The molecule has 2 rings (SSSR count). The van der Waals surface area contributed by atoms with Crippen LogP contribution in [-0.2, 0) is 16.1 Å². The third-order valence-corrected chi connectivity index (χ3v) is 3.44. The van der Waals surface area contributed by atoms with Crippen molar-refractivity contribution in [3.63, 3.8) is 0 Å². The lowest BCUT2D eigenvalue weighted by molar-refractivity contribution is -0.146. The molecule has 5 heteroatoms. The number of carbonyl (C=O) groups excluding carboxylic acids is 1. The number of hydrogen-bond acceptors (Lipinski definition) is 3.